The van der Waals surface area contributed by atoms with Crippen molar-refractivity contribution in [2.24, 2.45) is 11.7 Å². The molecule has 0 aliphatic carbocycles. The number of anilines is 1. The van der Waals surface area contributed by atoms with E-state index >= 15 is 8.78 Å². The summed E-state index contributed by atoms with van der Waals surface area (Å²) in [6, 6.07) is 10.5. The van der Waals surface area contributed by atoms with Gasteiger partial charge in [0.1, 0.15) is 46.7 Å². The first kappa shape index (κ1) is 36.3. The van der Waals surface area contributed by atoms with E-state index in [4.69, 9.17) is 38.7 Å². The molecule has 3 aliphatic heterocycles. The largest absolute Gasteiger partial charge is 0.475 e. The molecule has 5 heterocycles. The fourth-order valence-electron chi connectivity index (χ4n) is 8.25. The summed E-state index contributed by atoms with van der Waals surface area (Å²) in [6.07, 6.45) is -0.218. The number of fused-ring (bicyclic) bond motifs is 3. The van der Waals surface area contributed by atoms with Gasteiger partial charge in [-0.15, -0.1) is 0 Å². The maximum absolute atomic E-state index is 17.1. The SMILES string of the molecule is [B]C1(F)CN2C(O)(O)CCC2(C([B])([B])Oc2nc(N3CC(C)CC(F)C3)c3cnc(-c4cccc5cccc(CCCOC(N)=O)c45)c(F)c3n2)C1. The first-order valence-electron chi connectivity index (χ1n) is 17.2. The molecule has 2 aromatic heterocycles. The van der Waals surface area contributed by atoms with Crippen LogP contribution in [0.4, 0.5) is 23.8 Å². The summed E-state index contributed by atoms with van der Waals surface area (Å²) in [5.41, 5.74) is 2.06. The number of halogens is 3. The van der Waals surface area contributed by atoms with Crippen molar-refractivity contribution in [1.29, 1.82) is 0 Å². The van der Waals surface area contributed by atoms with Crippen LogP contribution in [-0.2, 0) is 11.2 Å². The Balaban J connectivity index is 1.35. The number of hydrogen-bond acceptors (Lipinski definition) is 10. The average molecular weight is 710 g/mol. The molecule has 4 aromatic rings. The van der Waals surface area contributed by atoms with Crippen LogP contribution >= 0.6 is 0 Å². The second kappa shape index (κ2) is 13.1. The minimum absolute atomic E-state index is 0.0382. The number of hydrogen-bond donors (Lipinski definition) is 3. The molecule has 3 saturated heterocycles. The highest BCUT2D eigenvalue weighted by molar-refractivity contribution is 6.40. The zero-order valence-corrected chi connectivity index (χ0v) is 28.6. The monoisotopic (exact) mass is 710 g/mol. The van der Waals surface area contributed by atoms with Crippen molar-refractivity contribution in [3.8, 4) is 17.3 Å². The number of aliphatic hydroxyl groups is 2. The summed E-state index contributed by atoms with van der Waals surface area (Å²) in [6.45, 7) is 1.73. The molecule has 11 nitrogen and oxygen atoms in total. The van der Waals surface area contributed by atoms with Crippen molar-refractivity contribution in [3.05, 3.63) is 54.0 Å². The standard InChI is InChI=1S/C35H36B3F3N6O5/c1-19-13-22(39)16-46(15-19)29-24-14-43-27(23-9-3-7-20-5-2-6-21(25(20)23)8-4-12-51-30(42)48)26(40)28(24)44-31(45-29)52-35(37,38)32-10-11-34(49,50)47(32)18-33(36,41)17-32/h2-3,5-7,9,14,19,22,49-50H,4,8,10-13,15-18H2,1H3,(H2,42,48). The molecule has 7 rings (SSSR count). The van der Waals surface area contributed by atoms with Gasteiger partial charge in [-0.1, -0.05) is 43.3 Å². The zero-order valence-electron chi connectivity index (χ0n) is 28.6. The van der Waals surface area contributed by atoms with Crippen molar-refractivity contribution >= 4 is 57.1 Å². The average Bonchev–Trinajstić information content (AvgIpc) is 3.51. The highest BCUT2D eigenvalue weighted by Crippen LogP contribution is 2.54. The number of pyridine rings is 1. The fraction of sp³-hybridized carbons (Fsp3) is 0.486. The lowest BCUT2D eigenvalue weighted by Crippen LogP contribution is -2.66. The van der Waals surface area contributed by atoms with Gasteiger partial charge < -0.3 is 30.3 Å². The summed E-state index contributed by atoms with van der Waals surface area (Å²) in [5, 5.41) is 20.7. The van der Waals surface area contributed by atoms with Crippen LogP contribution in [0, 0.1) is 11.7 Å². The van der Waals surface area contributed by atoms with Gasteiger partial charge in [-0.2, -0.15) is 9.97 Å². The minimum Gasteiger partial charge on any atom is -0.475 e. The Bertz CT molecular complexity index is 2030. The molecule has 2 aromatic carbocycles. The Kier molecular flexibility index (Phi) is 9.14. The number of aryl methyl sites for hydroxylation is 1. The number of piperidine rings is 1. The van der Waals surface area contributed by atoms with E-state index in [1.165, 1.54) is 6.20 Å². The Morgan fingerprint density at radius 1 is 1.15 bits per heavy atom. The molecule has 266 valence electrons. The van der Waals surface area contributed by atoms with Gasteiger partial charge >= 0.3 is 12.1 Å². The molecule has 6 radical (unpaired) electrons. The first-order chi connectivity index (χ1) is 24.5. The van der Waals surface area contributed by atoms with E-state index in [9.17, 15) is 19.4 Å². The van der Waals surface area contributed by atoms with Gasteiger partial charge in [0.05, 0.1) is 29.6 Å². The Morgan fingerprint density at radius 2 is 1.90 bits per heavy atom. The third kappa shape index (κ3) is 6.44. The smallest absolute Gasteiger partial charge is 0.404 e. The Hall–Kier alpha value is -4.08. The third-order valence-corrected chi connectivity index (χ3v) is 10.5. The van der Waals surface area contributed by atoms with Crippen LogP contribution in [0.25, 0.3) is 32.9 Å². The quantitative estimate of drug-likeness (QED) is 0.134. The fourth-order valence-corrected chi connectivity index (χ4v) is 8.25. The van der Waals surface area contributed by atoms with Crippen molar-refractivity contribution in [2.75, 3.05) is 31.1 Å². The van der Waals surface area contributed by atoms with Crippen molar-refractivity contribution < 1.29 is 37.7 Å². The molecule has 0 saturated carbocycles. The van der Waals surface area contributed by atoms with Crippen LogP contribution in [0.2, 0.25) is 0 Å². The number of carbonyl (C=O) groups is 1. The lowest BCUT2D eigenvalue weighted by Gasteiger charge is -2.48. The first-order valence-corrected chi connectivity index (χ1v) is 17.2. The molecule has 3 fully saturated rings. The van der Waals surface area contributed by atoms with Crippen molar-refractivity contribution in [3.63, 3.8) is 0 Å². The van der Waals surface area contributed by atoms with Gasteiger partial charge in [0.15, 0.2) is 5.82 Å². The second-order valence-electron chi connectivity index (χ2n) is 14.4. The maximum Gasteiger partial charge on any atom is 0.404 e. The predicted molar refractivity (Wildman–Crippen MR) is 190 cm³/mol. The topological polar surface area (TPSA) is 147 Å². The summed E-state index contributed by atoms with van der Waals surface area (Å²) >= 11 is 0. The molecule has 0 spiro atoms. The number of ether oxygens (including phenoxy) is 2. The van der Waals surface area contributed by atoms with Crippen molar-refractivity contribution in [2.45, 2.75) is 74.0 Å². The summed E-state index contributed by atoms with van der Waals surface area (Å²) in [7, 11) is 19.0. The number of nitrogens with zero attached hydrogens (tertiary/aromatic N) is 5. The van der Waals surface area contributed by atoms with Gasteiger partial charge in [-0.3, -0.25) is 9.37 Å². The predicted octanol–water partition coefficient (Wildman–Crippen LogP) is 3.28. The van der Waals surface area contributed by atoms with E-state index < -0.39 is 59.5 Å². The molecular formula is C35H36B3F3N6O5. The van der Waals surface area contributed by atoms with Crippen LogP contribution in [0.15, 0.2) is 42.6 Å². The molecule has 4 atom stereocenters. The van der Waals surface area contributed by atoms with Crippen LogP contribution < -0.4 is 15.4 Å². The normalized spacial score (nSPS) is 26.2. The number of benzene rings is 2. The Labute approximate surface area is 302 Å². The van der Waals surface area contributed by atoms with E-state index in [1.54, 1.807) is 17.0 Å². The highest BCUT2D eigenvalue weighted by Gasteiger charge is 2.67. The van der Waals surface area contributed by atoms with Gasteiger partial charge in [0.2, 0.25) is 5.91 Å². The Morgan fingerprint density at radius 3 is 2.63 bits per heavy atom. The third-order valence-electron chi connectivity index (χ3n) is 10.5. The number of alkyl halides is 2. The van der Waals surface area contributed by atoms with Crippen LogP contribution in [0.1, 0.15) is 44.6 Å². The van der Waals surface area contributed by atoms with Gasteiger partial charge in [0, 0.05) is 36.7 Å². The summed E-state index contributed by atoms with van der Waals surface area (Å²) in [4.78, 5) is 27.2. The van der Waals surface area contributed by atoms with Gasteiger partial charge in [0.25, 0.3) is 0 Å². The minimum atomic E-state index is -2.48. The summed E-state index contributed by atoms with van der Waals surface area (Å²) < 4.78 is 58.2. The zero-order chi connectivity index (χ0) is 37.2. The molecule has 1 amide bonds. The van der Waals surface area contributed by atoms with E-state index in [0.717, 1.165) is 21.2 Å². The van der Waals surface area contributed by atoms with Crippen LogP contribution in [0.5, 0.6) is 6.01 Å². The molecule has 0 bridgehead atoms. The molecule has 4 unspecified atom stereocenters. The van der Waals surface area contributed by atoms with Gasteiger partial charge in [-0.05, 0) is 54.4 Å². The van der Waals surface area contributed by atoms with Crippen LogP contribution in [-0.4, -0.2) is 115 Å². The van der Waals surface area contributed by atoms with Crippen molar-refractivity contribution in [1.82, 2.24) is 19.9 Å². The van der Waals surface area contributed by atoms with E-state index in [1.807, 2.05) is 31.2 Å². The number of carbonyl (C=O) groups excluding carboxylic acids is 1. The molecule has 52 heavy (non-hydrogen) atoms. The number of nitrogens with two attached hydrogens (primary N) is 1. The van der Waals surface area contributed by atoms with E-state index in [2.05, 4.69) is 15.0 Å². The maximum atomic E-state index is 17.1. The second-order valence-corrected chi connectivity index (χ2v) is 14.4. The highest BCUT2D eigenvalue weighted by atomic mass is 19.1. The molecule has 17 heteroatoms. The van der Waals surface area contributed by atoms with E-state index in [0.29, 0.717) is 31.4 Å². The van der Waals surface area contributed by atoms with E-state index in [-0.39, 0.29) is 54.3 Å². The molecule has 3 aliphatic rings. The lowest BCUT2D eigenvalue weighted by molar-refractivity contribution is -0.260. The number of aromatic nitrogens is 3. The summed E-state index contributed by atoms with van der Waals surface area (Å²) in [5.74, 6) is -3.26. The number of amides is 1. The molecular weight excluding hydrogens is 674 g/mol. The van der Waals surface area contributed by atoms with Gasteiger partial charge in [-0.25, -0.2) is 18.5 Å². The van der Waals surface area contributed by atoms with Crippen LogP contribution in [0.3, 0.4) is 0 Å². The lowest BCUT2D eigenvalue weighted by atomic mass is 9.51. The number of rotatable bonds is 9. The molecule has 4 N–H and O–H groups in total. The number of primary amides is 1.